The van der Waals surface area contributed by atoms with Gasteiger partial charge in [-0.05, 0) is 64.9 Å². The van der Waals surface area contributed by atoms with E-state index in [1.54, 1.807) is 18.0 Å². The SMILES string of the molecule is [2H]C([2H])(c1cnn(C)c1)N1C(=O)c2cc(S(=O)(=O)NC3(C)CC3)ccc2N2C1=NC[C@@H]2C#CC1(N(C)C)CC1. The molecule has 2 saturated carbocycles. The van der Waals surface area contributed by atoms with E-state index in [2.05, 4.69) is 31.6 Å². The molecule has 0 radical (unpaired) electrons. The quantitative estimate of drug-likeness (QED) is 0.577. The number of guanidine groups is 1. The van der Waals surface area contributed by atoms with Crippen LogP contribution in [0.4, 0.5) is 5.69 Å². The molecule has 10 nitrogen and oxygen atoms in total. The van der Waals surface area contributed by atoms with Crippen LogP contribution in [-0.4, -0.2) is 77.6 Å². The van der Waals surface area contributed by atoms with Gasteiger partial charge in [0.1, 0.15) is 6.04 Å². The van der Waals surface area contributed by atoms with Crippen LogP contribution in [0.2, 0.25) is 0 Å². The second-order valence-corrected chi connectivity index (χ2v) is 12.4. The van der Waals surface area contributed by atoms with E-state index in [1.165, 1.54) is 29.2 Å². The van der Waals surface area contributed by atoms with E-state index in [9.17, 15) is 13.2 Å². The molecule has 1 N–H and O–H groups in total. The topological polar surface area (TPSA) is 103 Å². The number of aromatic nitrogens is 2. The Balaban J connectivity index is 1.46. The molecule has 6 rings (SSSR count). The van der Waals surface area contributed by atoms with Crippen molar-refractivity contribution in [2.45, 2.75) is 61.1 Å². The lowest BCUT2D eigenvalue weighted by molar-refractivity contribution is 0.0833. The van der Waals surface area contributed by atoms with Gasteiger partial charge in [0.25, 0.3) is 5.91 Å². The number of aryl methyl sites for hydroxylation is 1. The van der Waals surface area contributed by atoms with Gasteiger partial charge < -0.3 is 0 Å². The molecule has 3 heterocycles. The van der Waals surface area contributed by atoms with Crippen molar-refractivity contribution >= 4 is 27.6 Å². The summed E-state index contributed by atoms with van der Waals surface area (Å²) in [6.45, 7) is -0.217. The highest BCUT2D eigenvalue weighted by Crippen LogP contribution is 2.40. The number of rotatable bonds is 6. The Morgan fingerprint density at radius 3 is 2.65 bits per heavy atom. The second-order valence-electron chi connectivity index (χ2n) is 10.7. The van der Waals surface area contributed by atoms with Crippen molar-refractivity contribution in [3.63, 3.8) is 0 Å². The number of carbonyl (C=O) groups is 1. The van der Waals surface area contributed by atoms with Crippen LogP contribution in [0.25, 0.3) is 0 Å². The van der Waals surface area contributed by atoms with Gasteiger partial charge in [-0.15, -0.1) is 0 Å². The first-order chi connectivity index (χ1) is 18.3. The Morgan fingerprint density at radius 1 is 1.27 bits per heavy atom. The van der Waals surface area contributed by atoms with Crippen molar-refractivity contribution in [2.75, 3.05) is 25.5 Å². The molecule has 0 saturated heterocycles. The van der Waals surface area contributed by atoms with Crippen LogP contribution >= 0.6 is 0 Å². The number of sulfonamides is 1. The highest BCUT2D eigenvalue weighted by atomic mass is 32.2. The number of amides is 1. The lowest BCUT2D eigenvalue weighted by Crippen LogP contribution is -2.52. The first kappa shape index (κ1) is 21.8. The Hall–Kier alpha value is -3.20. The minimum Gasteiger partial charge on any atom is -0.295 e. The van der Waals surface area contributed by atoms with Gasteiger partial charge in [-0.1, -0.05) is 11.8 Å². The van der Waals surface area contributed by atoms with Crippen molar-refractivity contribution in [2.24, 2.45) is 12.0 Å². The van der Waals surface area contributed by atoms with Crippen molar-refractivity contribution in [1.82, 2.24) is 24.3 Å². The number of benzene rings is 1. The number of hydrogen-bond donors (Lipinski definition) is 1. The van der Waals surface area contributed by atoms with Crippen LogP contribution in [0.3, 0.4) is 0 Å². The Labute approximate surface area is 220 Å². The molecular formula is C26H31N7O3S. The molecule has 1 atom stereocenters. The molecule has 2 aliphatic heterocycles. The monoisotopic (exact) mass is 523 g/mol. The molecule has 2 aliphatic carbocycles. The molecular weight excluding hydrogens is 490 g/mol. The zero-order valence-corrected chi connectivity index (χ0v) is 22.1. The number of carbonyl (C=O) groups excluding carboxylic acids is 1. The number of hydrogen-bond acceptors (Lipinski definition) is 7. The summed E-state index contributed by atoms with van der Waals surface area (Å²) in [5.74, 6) is 6.19. The van der Waals surface area contributed by atoms with Gasteiger partial charge in [0.05, 0.1) is 43.7 Å². The molecule has 1 aromatic carbocycles. The van der Waals surface area contributed by atoms with Crippen molar-refractivity contribution in [3.05, 3.63) is 41.7 Å². The lowest BCUT2D eigenvalue weighted by atomic mass is 10.1. The third-order valence-electron chi connectivity index (χ3n) is 7.48. The normalized spacial score (nSPS) is 24.0. The largest absolute Gasteiger partial charge is 0.295 e. The summed E-state index contributed by atoms with van der Waals surface area (Å²) in [6, 6.07) is 3.97. The molecule has 0 spiro atoms. The molecule has 2 fully saturated rings. The van der Waals surface area contributed by atoms with Gasteiger partial charge >= 0.3 is 0 Å². The predicted molar refractivity (Wildman–Crippen MR) is 139 cm³/mol. The first-order valence-corrected chi connectivity index (χ1v) is 13.8. The van der Waals surface area contributed by atoms with Crippen LogP contribution in [0.5, 0.6) is 0 Å². The van der Waals surface area contributed by atoms with E-state index in [-0.39, 0.29) is 34.1 Å². The smallest absolute Gasteiger partial charge is 0.263 e. The summed E-state index contributed by atoms with van der Waals surface area (Å²) in [4.78, 5) is 23.4. The fraction of sp³-hybridized carbons (Fsp3) is 0.500. The molecule has 37 heavy (non-hydrogen) atoms. The van der Waals surface area contributed by atoms with Crippen molar-refractivity contribution in [3.8, 4) is 11.8 Å². The minimum atomic E-state index is -3.89. The molecule has 11 heteroatoms. The molecule has 0 unspecified atom stereocenters. The summed E-state index contributed by atoms with van der Waals surface area (Å²) in [5.41, 5.74) is 0.0381. The Morgan fingerprint density at radius 2 is 2.03 bits per heavy atom. The van der Waals surface area contributed by atoms with Gasteiger partial charge in [-0.3, -0.25) is 24.2 Å². The molecule has 1 aromatic heterocycles. The second kappa shape index (κ2) is 8.15. The van der Waals surface area contributed by atoms with Gasteiger partial charge in [0.15, 0.2) is 0 Å². The van der Waals surface area contributed by atoms with Crippen LogP contribution in [0.15, 0.2) is 40.5 Å². The molecule has 2 aromatic rings. The van der Waals surface area contributed by atoms with Crippen molar-refractivity contribution < 1.29 is 16.0 Å². The van der Waals surface area contributed by atoms with E-state index in [0.717, 1.165) is 30.6 Å². The van der Waals surface area contributed by atoms with E-state index in [0.29, 0.717) is 5.69 Å². The lowest BCUT2D eigenvalue weighted by Gasteiger charge is -2.37. The number of nitrogens with one attached hydrogen (secondary N) is 1. The van der Waals surface area contributed by atoms with E-state index < -0.39 is 34.0 Å². The van der Waals surface area contributed by atoms with E-state index in [1.807, 2.05) is 21.0 Å². The van der Waals surface area contributed by atoms with Gasteiger partial charge in [0, 0.05) is 24.3 Å². The average molecular weight is 524 g/mol. The van der Waals surface area contributed by atoms with Gasteiger partial charge in [-0.25, -0.2) is 18.1 Å². The summed E-state index contributed by atoms with van der Waals surface area (Å²) in [7, 11) is 1.77. The molecule has 4 aliphatic rings. The first-order valence-electron chi connectivity index (χ1n) is 13.3. The summed E-state index contributed by atoms with van der Waals surface area (Å²) >= 11 is 0. The minimum absolute atomic E-state index is 0.0450. The third kappa shape index (κ3) is 4.23. The van der Waals surface area contributed by atoms with Crippen LogP contribution in [-0.2, 0) is 23.6 Å². The maximum Gasteiger partial charge on any atom is 0.263 e. The number of anilines is 1. The predicted octanol–water partition coefficient (Wildman–Crippen LogP) is 1.55. The zero-order valence-electron chi connectivity index (χ0n) is 23.3. The van der Waals surface area contributed by atoms with Crippen LogP contribution in [0.1, 0.15) is 51.3 Å². The highest BCUT2D eigenvalue weighted by molar-refractivity contribution is 7.89. The standard InChI is InChI=1S/C26H31N7O3S/c1-25(9-10-25)29-37(35,36)20-5-6-22-21(13-20)23(34)32(17-18-14-28-31(4)16-18)24-27-15-19(33(22)24)7-8-26(11-12-26)30(2)3/h5-6,13-14,16,19,29H,9-12,15,17H2,1-4H3/t19-/m0/s1/i17D2. The number of aliphatic imine (C=N–C) groups is 1. The fourth-order valence-corrected chi connectivity index (χ4v) is 6.20. The zero-order chi connectivity index (χ0) is 28.0. The van der Waals surface area contributed by atoms with Crippen molar-refractivity contribution in [1.29, 1.82) is 0 Å². The number of nitrogens with zero attached hydrogens (tertiary/aromatic N) is 6. The van der Waals surface area contributed by atoms with Crippen LogP contribution in [0, 0.1) is 11.8 Å². The maximum absolute atomic E-state index is 14.0. The van der Waals surface area contributed by atoms with E-state index in [4.69, 9.17) is 2.74 Å². The van der Waals surface area contributed by atoms with Gasteiger partial charge in [0.2, 0.25) is 16.0 Å². The Kier molecular flexibility index (Phi) is 4.81. The van der Waals surface area contributed by atoms with Gasteiger partial charge in [-0.2, -0.15) is 5.10 Å². The molecule has 1 amide bonds. The summed E-state index contributed by atoms with van der Waals surface area (Å²) in [6.07, 6.45) is 6.30. The summed E-state index contributed by atoms with van der Waals surface area (Å²) < 4.78 is 48.5. The average Bonchev–Trinajstić information content (AvgIpc) is 3.71. The molecule has 0 bridgehead atoms. The maximum atomic E-state index is 14.0. The fourth-order valence-electron chi connectivity index (χ4n) is 4.71. The Bertz CT molecular complexity index is 1580. The van der Waals surface area contributed by atoms with Crippen LogP contribution < -0.4 is 9.62 Å². The van der Waals surface area contributed by atoms with E-state index >= 15 is 0 Å². The summed E-state index contributed by atoms with van der Waals surface area (Å²) in [5, 5.41) is 4.08. The number of fused-ring (bicyclic) bond motifs is 3. The molecule has 194 valence electrons. The third-order valence-corrected chi connectivity index (χ3v) is 9.12. The highest BCUT2D eigenvalue weighted by Gasteiger charge is 2.46.